The van der Waals surface area contributed by atoms with Gasteiger partial charge in [-0.2, -0.15) is 5.10 Å². The van der Waals surface area contributed by atoms with Gasteiger partial charge in [0.15, 0.2) is 4.80 Å². The summed E-state index contributed by atoms with van der Waals surface area (Å²) in [6.07, 6.45) is 3.69. The number of carbonyl (C=O) groups is 1. The molecular weight excluding hydrogens is 404 g/mol. The van der Waals surface area contributed by atoms with Crippen LogP contribution in [-0.4, -0.2) is 33.2 Å². The van der Waals surface area contributed by atoms with Crippen LogP contribution in [0.15, 0.2) is 40.2 Å². The van der Waals surface area contributed by atoms with Crippen LogP contribution in [0.1, 0.15) is 29.8 Å². The van der Waals surface area contributed by atoms with E-state index in [-0.39, 0.29) is 5.56 Å². The fourth-order valence-corrected chi connectivity index (χ4v) is 5.42. The number of thiazole rings is 1. The highest BCUT2D eigenvalue weighted by atomic mass is 32.1. The van der Waals surface area contributed by atoms with Crippen molar-refractivity contribution in [2.45, 2.75) is 25.6 Å². The molecule has 0 N–H and O–H groups in total. The Balaban J connectivity index is 1.81. The van der Waals surface area contributed by atoms with Crippen molar-refractivity contribution in [1.82, 2.24) is 14.3 Å². The number of esters is 1. The van der Waals surface area contributed by atoms with Crippen LogP contribution in [0.2, 0.25) is 0 Å². The average molecular weight is 424 g/mol. The van der Waals surface area contributed by atoms with E-state index in [0.717, 1.165) is 16.8 Å². The van der Waals surface area contributed by atoms with E-state index in [1.165, 1.54) is 18.4 Å². The molecule has 0 fully saturated rings. The third-order valence-electron chi connectivity index (χ3n) is 5.67. The Labute approximate surface area is 175 Å². The SMILES string of the molecule is COC(=O)[C@H]1[C@@H]2c3ccccc3O[C@@]1(C)N=c1s/c(=C/c3cn(C)nc3C)c(=O)n12. The molecule has 5 rings (SSSR count). The molecule has 0 spiro atoms. The van der Waals surface area contributed by atoms with Crippen LogP contribution in [0.4, 0.5) is 0 Å². The van der Waals surface area contributed by atoms with Gasteiger partial charge in [-0.15, -0.1) is 0 Å². The molecule has 0 radical (unpaired) electrons. The van der Waals surface area contributed by atoms with Crippen molar-refractivity contribution in [2.75, 3.05) is 7.11 Å². The number of benzene rings is 1. The van der Waals surface area contributed by atoms with E-state index < -0.39 is 23.7 Å². The Bertz CT molecular complexity index is 1370. The first-order chi connectivity index (χ1) is 14.3. The summed E-state index contributed by atoms with van der Waals surface area (Å²) in [5.41, 5.74) is 1.11. The molecule has 9 heteroatoms. The summed E-state index contributed by atoms with van der Waals surface area (Å²) in [5.74, 6) is -0.616. The molecule has 1 aromatic carbocycles. The molecule has 154 valence electrons. The smallest absolute Gasteiger partial charge is 0.317 e. The van der Waals surface area contributed by atoms with Gasteiger partial charge in [0.1, 0.15) is 11.7 Å². The highest BCUT2D eigenvalue weighted by Crippen LogP contribution is 2.47. The normalized spacial score (nSPS) is 24.5. The van der Waals surface area contributed by atoms with Gasteiger partial charge < -0.3 is 9.47 Å². The molecule has 2 aliphatic rings. The van der Waals surface area contributed by atoms with Gasteiger partial charge in [-0.3, -0.25) is 18.8 Å². The maximum atomic E-state index is 13.5. The van der Waals surface area contributed by atoms with Gasteiger partial charge in [-0.05, 0) is 26.0 Å². The highest BCUT2D eigenvalue weighted by Gasteiger charge is 2.55. The molecule has 8 nitrogen and oxygen atoms in total. The van der Waals surface area contributed by atoms with Gasteiger partial charge in [0.05, 0.1) is 23.4 Å². The molecule has 2 aliphatic heterocycles. The number of hydrogen-bond acceptors (Lipinski definition) is 7. The van der Waals surface area contributed by atoms with Crippen molar-refractivity contribution >= 4 is 23.4 Å². The molecule has 2 aromatic heterocycles. The monoisotopic (exact) mass is 424 g/mol. The lowest BCUT2D eigenvalue weighted by atomic mass is 9.81. The number of para-hydroxylation sites is 1. The maximum absolute atomic E-state index is 13.5. The van der Waals surface area contributed by atoms with Crippen LogP contribution < -0.4 is 19.6 Å². The van der Waals surface area contributed by atoms with Crippen molar-refractivity contribution < 1.29 is 14.3 Å². The van der Waals surface area contributed by atoms with Gasteiger partial charge in [0, 0.05) is 24.4 Å². The Morgan fingerprint density at radius 1 is 1.37 bits per heavy atom. The first-order valence-corrected chi connectivity index (χ1v) is 10.3. The molecule has 4 heterocycles. The largest absolute Gasteiger partial charge is 0.469 e. The summed E-state index contributed by atoms with van der Waals surface area (Å²) < 4.78 is 15.1. The topological polar surface area (TPSA) is 87.7 Å². The number of hydrogen-bond donors (Lipinski definition) is 0. The number of aromatic nitrogens is 3. The molecule has 2 bridgehead atoms. The number of aryl methyl sites for hydroxylation is 2. The third kappa shape index (κ3) is 2.58. The zero-order valence-corrected chi connectivity index (χ0v) is 17.8. The van der Waals surface area contributed by atoms with Crippen molar-refractivity contribution in [3.05, 3.63) is 67.0 Å². The molecule has 3 atom stereocenters. The van der Waals surface area contributed by atoms with Gasteiger partial charge >= 0.3 is 5.97 Å². The minimum Gasteiger partial charge on any atom is -0.469 e. The summed E-state index contributed by atoms with van der Waals surface area (Å²) in [7, 11) is 3.18. The van der Waals surface area contributed by atoms with E-state index in [0.29, 0.717) is 15.1 Å². The average Bonchev–Trinajstić information content (AvgIpc) is 3.17. The zero-order chi connectivity index (χ0) is 21.2. The van der Waals surface area contributed by atoms with Crippen LogP contribution in [0, 0.1) is 12.8 Å². The quantitative estimate of drug-likeness (QED) is 0.571. The van der Waals surface area contributed by atoms with E-state index in [2.05, 4.69) is 5.10 Å². The first-order valence-electron chi connectivity index (χ1n) is 9.51. The van der Waals surface area contributed by atoms with Crippen molar-refractivity contribution in [1.29, 1.82) is 0 Å². The molecule has 30 heavy (non-hydrogen) atoms. The van der Waals surface area contributed by atoms with Crippen LogP contribution in [-0.2, 0) is 16.6 Å². The molecule has 0 unspecified atom stereocenters. The van der Waals surface area contributed by atoms with E-state index in [9.17, 15) is 9.59 Å². The van der Waals surface area contributed by atoms with Crippen molar-refractivity contribution in [3.63, 3.8) is 0 Å². The first kappa shape index (κ1) is 18.8. The van der Waals surface area contributed by atoms with E-state index in [4.69, 9.17) is 14.5 Å². The zero-order valence-electron chi connectivity index (χ0n) is 16.9. The minimum absolute atomic E-state index is 0.195. The van der Waals surface area contributed by atoms with Crippen LogP contribution in [0.3, 0.4) is 0 Å². The van der Waals surface area contributed by atoms with E-state index >= 15 is 0 Å². The fourth-order valence-electron chi connectivity index (χ4n) is 4.33. The Morgan fingerprint density at radius 3 is 2.83 bits per heavy atom. The predicted molar refractivity (Wildman–Crippen MR) is 110 cm³/mol. The van der Waals surface area contributed by atoms with Crippen LogP contribution >= 0.6 is 11.3 Å². The summed E-state index contributed by atoms with van der Waals surface area (Å²) in [4.78, 5) is 31.5. The van der Waals surface area contributed by atoms with E-state index in [1.807, 2.05) is 50.5 Å². The van der Waals surface area contributed by atoms with Gasteiger partial charge in [-0.25, -0.2) is 4.99 Å². The number of fused-ring (bicyclic) bond motifs is 6. The van der Waals surface area contributed by atoms with Crippen molar-refractivity contribution in [3.8, 4) is 5.75 Å². The Morgan fingerprint density at radius 2 is 2.13 bits per heavy atom. The summed E-state index contributed by atoms with van der Waals surface area (Å²) in [6, 6.07) is 6.88. The molecule has 0 amide bonds. The number of methoxy groups -OCH3 is 1. The summed E-state index contributed by atoms with van der Waals surface area (Å²) in [5, 5.41) is 4.34. The van der Waals surface area contributed by atoms with Crippen LogP contribution in [0.25, 0.3) is 6.08 Å². The lowest BCUT2D eigenvalue weighted by molar-refractivity contribution is -0.158. The molecule has 0 aliphatic carbocycles. The molecule has 3 aromatic rings. The lowest BCUT2D eigenvalue weighted by Gasteiger charge is -2.44. The minimum atomic E-state index is -1.16. The second kappa shape index (κ2) is 6.40. The van der Waals surface area contributed by atoms with Gasteiger partial charge in [0.2, 0.25) is 5.72 Å². The second-order valence-corrected chi connectivity index (χ2v) is 8.67. The van der Waals surface area contributed by atoms with Crippen LogP contribution in [0.5, 0.6) is 5.75 Å². The number of carbonyl (C=O) groups excluding carboxylic acids is 1. The number of ether oxygens (including phenoxy) is 2. The highest BCUT2D eigenvalue weighted by molar-refractivity contribution is 7.07. The number of nitrogens with zero attached hydrogens (tertiary/aromatic N) is 4. The molecular formula is C21H20N4O4S. The van der Waals surface area contributed by atoms with Crippen molar-refractivity contribution in [2.24, 2.45) is 18.0 Å². The predicted octanol–water partition coefficient (Wildman–Crippen LogP) is 0.901. The van der Waals surface area contributed by atoms with Gasteiger partial charge in [0.25, 0.3) is 5.56 Å². The van der Waals surface area contributed by atoms with Gasteiger partial charge in [-0.1, -0.05) is 29.5 Å². The molecule has 0 saturated heterocycles. The summed E-state index contributed by atoms with van der Waals surface area (Å²) >= 11 is 1.29. The fraction of sp³-hybridized carbons (Fsp3) is 0.333. The second-order valence-electron chi connectivity index (χ2n) is 7.66. The Hall–Kier alpha value is -3.20. The third-order valence-corrected chi connectivity index (χ3v) is 6.66. The number of rotatable bonds is 2. The summed E-state index contributed by atoms with van der Waals surface area (Å²) in [6.45, 7) is 3.66. The maximum Gasteiger partial charge on any atom is 0.317 e. The lowest BCUT2D eigenvalue weighted by Crippen LogP contribution is -2.58. The standard InChI is InChI=1S/C21H20N4O4S/c1-11-12(10-24(3)23-11)9-15-18(26)25-17-13-7-5-6-8-14(13)29-21(2,22-20(25)30-15)16(17)19(27)28-4/h5-10,16-17H,1-4H3/b15-9+/t16-,17+,21-/m1/s1. The van der Waals surface area contributed by atoms with E-state index in [1.54, 1.807) is 16.2 Å². The molecule has 0 saturated carbocycles. The Kier molecular flexibility index (Phi) is 4.01.